The van der Waals surface area contributed by atoms with Crippen LogP contribution in [0.5, 0.6) is 0 Å². The van der Waals surface area contributed by atoms with Crippen LogP contribution in [0.3, 0.4) is 0 Å². The predicted octanol–water partition coefficient (Wildman–Crippen LogP) is 1.89. The van der Waals surface area contributed by atoms with Gasteiger partial charge in [-0.25, -0.2) is 4.79 Å². The van der Waals surface area contributed by atoms with Gasteiger partial charge in [0, 0.05) is 11.4 Å². The summed E-state index contributed by atoms with van der Waals surface area (Å²) in [7, 11) is 0. The number of aromatic amines is 1. The molecule has 0 atom stereocenters. The van der Waals surface area contributed by atoms with E-state index in [1.54, 1.807) is 6.92 Å². The van der Waals surface area contributed by atoms with E-state index in [0.717, 1.165) is 23.4 Å². The van der Waals surface area contributed by atoms with E-state index in [2.05, 4.69) is 4.98 Å². The van der Waals surface area contributed by atoms with E-state index in [0.29, 0.717) is 5.56 Å². The topological polar surface area (TPSA) is 53.1 Å². The standard InChI is InChI=1S/C9H13NO2/c1-4-7-5(2)10-6(3)8(7)9(11)12/h10H,4H2,1-3H3,(H,11,12). The zero-order chi connectivity index (χ0) is 9.30. The van der Waals surface area contributed by atoms with Crippen LogP contribution in [0.4, 0.5) is 0 Å². The molecule has 0 unspecified atom stereocenters. The lowest BCUT2D eigenvalue weighted by molar-refractivity contribution is 0.0695. The van der Waals surface area contributed by atoms with Crippen molar-refractivity contribution in [3.63, 3.8) is 0 Å². The molecule has 1 rings (SSSR count). The number of carboxylic acid groups (broad SMARTS) is 1. The van der Waals surface area contributed by atoms with Crippen molar-refractivity contribution in [2.45, 2.75) is 27.2 Å². The van der Waals surface area contributed by atoms with E-state index in [1.807, 2.05) is 13.8 Å². The number of carbonyl (C=O) groups is 1. The Balaban J connectivity index is 3.32. The van der Waals surface area contributed by atoms with Gasteiger partial charge in [0.2, 0.25) is 0 Å². The monoisotopic (exact) mass is 167 g/mol. The van der Waals surface area contributed by atoms with Gasteiger partial charge < -0.3 is 10.1 Å². The van der Waals surface area contributed by atoms with E-state index < -0.39 is 5.97 Å². The van der Waals surface area contributed by atoms with Gasteiger partial charge in [0.25, 0.3) is 0 Å². The quantitative estimate of drug-likeness (QED) is 0.706. The van der Waals surface area contributed by atoms with Crippen LogP contribution >= 0.6 is 0 Å². The van der Waals surface area contributed by atoms with Crippen LogP contribution in [0.1, 0.15) is 34.2 Å². The van der Waals surface area contributed by atoms with E-state index in [1.165, 1.54) is 0 Å². The fourth-order valence-corrected chi connectivity index (χ4v) is 1.56. The number of rotatable bonds is 2. The molecule has 3 nitrogen and oxygen atoms in total. The Hall–Kier alpha value is -1.25. The summed E-state index contributed by atoms with van der Waals surface area (Å²) >= 11 is 0. The Kier molecular flexibility index (Phi) is 2.22. The molecule has 12 heavy (non-hydrogen) atoms. The third-order valence-electron chi connectivity index (χ3n) is 2.07. The number of hydrogen-bond acceptors (Lipinski definition) is 1. The van der Waals surface area contributed by atoms with Gasteiger partial charge in [0.15, 0.2) is 0 Å². The zero-order valence-electron chi connectivity index (χ0n) is 7.56. The molecule has 66 valence electrons. The number of carboxylic acids is 1. The molecule has 1 aromatic heterocycles. The van der Waals surface area contributed by atoms with Gasteiger partial charge in [-0.05, 0) is 25.8 Å². The first-order valence-electron chi connectivity index (χ1n) is 3.99. The van der Waals surface area contributed by atoms with Crippen LogP contribution in [-0.2, 0) is 6.42 Å². The second-order valence-corrected chi connectivity index (χ2v) is 2.89. The number of aromatic nitrogens is 1. The molecule has 2 N–H and O–H groups in total. The Morgan fingerprint density at radius 2 is 2.00 bits per heavy atom. The lowest BCUT2D eigenvalue weighted by Crippen LogP contribution is -2.00. The van der Waals surface area contributed by atoms with Crippen molar-refractivity contribution in [3.05, 3.63) is 22.5 Å². The van der Waals surface area contributed by atoms with Crippen molar-refractivity contribution >= 4 is 5.97 Å². The third kappa shape index (κ3) is 1.22. The molecule has 0 amide bonds. The molecule has 0 aliphatic rings. The largest absolute Gasteiger partial charge is 0.478 e. The van der Waals surface area contributed by atoms with Crippen molar-refractivity contribution in [1.82, 2.24) is 4.98 Å². The van der Waals surface area contributed by atoms with Gasteiger partial charge in [-0.15, -0.1) is 0 Å². The fourth-order valence-electron chi connectivity index (χ4n) is 1.56. The van der Waals surface area contributed by atoms with Crippen LogP contribution in [0.25, 0.3) is 0 Å². The van der Waals surface area contributed by atoms with E-state index in [-0.39, 0.29) is 0 Å². The van der Waals surface area contributed by atoms with Crippen LogP contribution in [0.15, 0.2) is 0 Å². The highest BCUT2D eigenvalue weighted by Crippen LogP contribution is 2.18. The summed E-state index contributed by atoms with van der Waals surface area (Å²) in [5, 5.41) is 8.87. The molecule has 0 saturated heterocycles. The van der Waals surface area contributed by atoms with E-state index in [4.69, 9.17) is 5.11 Å². The van der Waals surface area contributed by atoms with Crippen LogP contribution in [0, 0.1) is 13.8 Å². The molecular weight excluding hydrogens is 154 g/mol. The second-order valence-electron chi connectivity index (χ2n) is 2.89. The summed E-state index contributed by atoms with van der Waals surface area (Å²) in [5.41, 5.74) is 3.07. The minimum Gasteiger partial charge on any atom is -0.478 e. The average Bonchev–Trinajstić information content (AvgIpc) is 2.24. The molecule has 0 aliphatic carbocycles. The Bertz CT molecular complexity index is 313. The maximum absolute atomic E-state index is 10.8. The smallest absolute Gasteiger partial charge is 0.337 e. The lowest BCUT2D eigenvalue weighted by atomic mass is 10.1. The highest BCUT2D eigenvalue weighted by Gasteiger charge is 2.16. The summed E-state index contributed by atoms with van der Waals surface area (Å²) in [6, 6.07) is 0. The average molecular weight is 167 g/mol. The van der Waals surface area contributed by atoms with Crippen molar-refractivity contribution in [2.75, 3.05) is 0 Å². The van der Waals surface area contributed by atoms with Crippen molar-refractivity contribution < 1.29 is 9.90 Å². The van der Waals surface area contributed by atoms with Gasteiger partial charge in [-0.2, -0.15) is 0 Å². The molecule has 3 heteroatoms. The van der Waals surface area contributed by atoms with Gasteiger partial charge in [0.1, 0.15) is 0 Å². The number of nitrogens with one attached hydrogen (secondary N) is 1. The second kappa shape index (κ2) is 3.01. The van der Waals surface area contributed by atoms with Gasteiger partial charge in [-0.1, -0.05) is 6.92 Å². The SMILES string of the molecule is CCc1c(C)[nH]c(C)c1C(=O)O. The number of hydrogen-bond donors (Lipinski definition) is 2. The maximum Gasteiger partial charge on any atom is 0.337 e. The first-order valence-corrected chi connectivity index (χ1v) is 3.99. The summed E-state index contributed by atoms with van der Waals surface area (Å²) in [5.74, 6) is -0.839. The lowest BCUT2D eigenvalue weighted by Gasteiger charge is -1.96. The minimum atomic E-state index is -0.839. The van der Waals surface area contributed by atoms with Gasteiger partial charge in [-0.3, -0.25) is 0 Å². The molecule has 0 fully saturated rings. The highest BCUT2D eigenvalue weighted by atomic mass is 16.4. The molecule has 0 aromatic carbocycles. The van der Waals surface area contributed by atoms with Crippen molar-refractivity contribution in [1.29, 1.82) is 0 Å². The zero-order valence-corrected chi connectivity index (χ0v) is 7.56. The Morgan fingerprint density at radius 3 is 2.33 bits per heavy atom. The highest BCUT2D eigenvalue weighted by molar-refractivity contribution is 5.91. The van der Waals surface area contributed by atoms with Gasteiger partial charge >= 0.3 is 5.97 Å². The first kappa shape index (κ1) is 8.84. The number of aryl methyl sites for hydroxylation is 2. The summed E-state index contributed by atoms with van der Waals surface area (Å²) < 4.78 is 0. The fraction of sp³-hybridized carbons (Fsp3) is 0.444. The van der Waals surface area contributed by atoms with Crippen LogP contribution in [-0.4, -0.2) is 16.1 Å². The third-order valence-corrected chi connectivity index (χ3v) is 2.07. The summed E-state index contributed by atoms with van der Waals surface area (Å²) in [6.45, 7) is 5.65. The van der Waals surface area contributed by atoms with Gasteiger partial charge in [0.05, 0.1) is 5.56 Å². The van der Waals surface area contributed by atoms with Crippen molar-refractivity contribution in [3.8, 4) is 0 Å². The predicted molar refractivity (Wildman–Crippen MR) is 46.6 cm³/mol. The van der Waals surface area contributed by atoms with Crippen LogP contribution in [0.2, 0.25) is 0 Å². The first-order chi connectivity index (χ1) is 5.57. The molecule has 0 spiro atoms. The number of aromatic carboxylic acids is 1. The van der Waals surface area contributed by atoms with E-state index in [9.17, 15) is 4.79 Å². The molecular formula is C9H13NO2. The van der Waals surface area contributed by atoms with Crippen LogP contribution < -0.4 is 0 Å². The Labute approximate surface area is 71.4 Å². The van der Waals surface area contributed by atoms with E-state index >= 15 is 0 Å². The molecule has 0 bridgehead atoms. The maximum atomic E-state index is 10.8. The summed E-state index contributed by atoms with van der Waals surface area (Å²) in [6.07, 6.45) is 0.762. The molecule has 0 saturated carbocycles. The number of H-pyrrole nitrogens is 1. The molecule has 1 heterocycles. The molecule has 0 radical (unpaired) electrons. The Morgan fingerprint density at radius 1 is 1.42 bits per heavy atom. The molecule has 0 aliphatic heterocycles. The van der Waals surface area contributed by atoms with Crippen molar-refractivity contribution in [2.24, 2.45) is 0 Å². The molecule has 1 aromatic rings. The minimum absolute atomic E-state index is 0.440. The summed E-state index contributed by atoms with van der Waals surface area (Å²) in [4.78, 5) is 13.8. The normalized spacial score (nSPS) is 10.2.